The van der Waals surface area contributed by atoms with Gasteiger partial charge in [0.15, 0.2) is 0 Å². The van der Waals surface area contributed by atoms with Gasteiger partial charge in [-0.2, -0.15) is 0 Å². The third-order valence-corrected chi connectivity index (χ3v) is 4.38. The minimum atomic E-state index is -1.16. The van der Waals surface area contributed by atoms with Gasteiger partial charge in [-0.05, 0) is 49.3 Å². The highest BCUT2D eigenvalue weighted by atomic mass is 32.2. The third kappa shape index (κ3) is 3.50. The Morgan fingerprint density at radius 1 is 1.30 bits per heavy atom. The van der Waals surface area contributed by atoms with E-state index in [0.29, 0.717) is 19.4 Å². The van der Waals surface area contributed by atoms with Crippen LogP contribution in [0.4, 0.5) is 4.39 Å². The second-order valence-corrected chi connectivity index (χ2v) is 5.97. The van der Waals surface area contributed by atoms with Gasteiger partial charge in [0.2, 0.25) is 5.91 Å². The Bertz CT molecular complexity index is 500. The number of hydrogen-bond acceptors (Lipinski definition) is 3. The zero-order valence-electron chi connectivity index (χ0n) is 10.9. The molecular weight excluding hydrogens is 281 g/mol. The number of benzene rings is 1. The Balaban J connectivity index is 1.64. The molecule has 0 aliphatic heterocycles. The van der Waals surface area contributed by atoms with Crippen LogP contribution < -0.4 is 5.32 Å². The molecule has 1 aliphatic carbocycles. The summed E-state index contributed by atoms with van der Waals surface area (Å²) in [6, 6.07) is 6.24. The van der Waals surface area contributed by atoms with E-state index in [4.69, 9.17) is 5.11 Å². The molecule has 0 saturated heterocycles. The van der Waals surface area contributed by atoms with E-state index < -0.39 is 11.4 Å². The molecule has 0 unspecified atom stereocenters. The molecule has 0 radical (unpaired) electrons. The number of halogens is 1. The standard InChI is InChI=1S/C14H16FNO3S/c15-10-2-4-11(5-3-10)20-9-1-8-16-12(17)14(6-7-14)13(18)19/h2-5H,1,6-9H2,(H,16,17)(H,18,19). The molecule has 1 fully saturated rings. The van der Waals surface area contributed by atoms with Crippen LogP contribution in [0.3, 0.4) is 0 Å². The minimum Gasteiger partial charge on any atom is -0.480 e. The fourth-order valence-corrected chi connectivity index (χ4v) is 2.68. The zero-order valence-corrected chi connectivity index (χ0v) is 11.7. The molecule has 1 aromatic rings. The number of thioether (sulfide) groups is 1. The van der Waals surface area contributed by atoms with Crippen molar-refractivity contribution in [2.24, 2.45) is 5.41 Å². The maximum Gasteiger partial charge on any atom is 0.319 e. The highest BCUT2D eigenvalue weighted by Gasteiger charge is 2.56. The van der Waals surface area contributed by atoms with Crippen molar-refractivity contribution in [2.45, 2.75) is 24.2 Å². The summed E-state index contributed by atoms with van der Waals surface area (Å²) in [5.74, 6) is -0.885. The minimum absolute atomic E-state index is 0.259. The Morgan fingerprint density at radius 2 is 1.95 bits per heavy atom. The fraction of sp³-hybridized carbons (Fsp3) is 0.429. The number of hydrogen-bond donors (Lipinski definition) is 2. The van der Waals surface area contributed by atoms with Gasteiger partial charge in [-0.1, -0.05) is 0 Å². The third-order valence-electron chi connectivity index (χ3n) is 3.28. The molecule has 2 N–H and O–H groups in total. The van der Waals surface area contributed by atoms with Crippen molar-refractivity contribution in [1.29, 1.82) is 0 Å². The van der Waals surface area contributed by atoms with E-state index in [1.54, 1.807) is 23.9 Å². The lowest BCUT2D eigenvalue weighted by atomic mass is 10.1. The van der Waals surface area contributed by atoms with Crippen LogP contribution in [0.25, 0.3) is 0 Å². The highest BCUT2D eigenvalue weighted by Crippen LogP contribution is 2.46. The number of amides is 1. The second-order valence-electron chi connectivity index (χ2n) is 4.80. The molecule has 1 saturated carbocycles. The Hall–Kier alpha value is -1.56. The number of carboxylic acid groups (broad SMARTS) is 1. The van der Waals surface area contributed by atoms with Crippen molar-refractivity contribution >= 4 is 23.6 Å². The SMILES string of the molecule is O=C(O)C1(C(=O)NCCCSc2ccc(F)cc2)CC1. The number of carboxylic acids is 1. The molecule has 20 heavy (non-hydrogen) atoms. The van der Waals surface area contributed by atoms with Crippen LogP contribution >= 0.6 is 11.8 Å². The van der Waals surface area contributed by atoms with Crippen molar-refractivity contribution in [1.82, 2.24) is 5.32 Å². The van der Waals surface area contributed by atoms with Crippen LogP contribution in [-0.4, -0.2) is 29.3 Å². The topological polar surface area (TPSA) is 66.4 Å². The van der Waals surface area contributed by atoms with E-state index >= 15 is 0 Å². The van der Waals surface area contributed by atoms with Gasteiger partial charge in [0.25, 0.3) is 0 Å². The van der Waals surface area contributed by atoms with Crippen molar-refractivity contribution in [3.8, 4) is 0 Å². The Kier molecular flexibility index (Phi) is 4.65. The largest absolute Gasteiger partial charge is 0.480 e. The zero-order chi connectivity index (χ0) is 14.6. The van der Waals surface area contributed by atoms with Gasteiger partial charge in [-0.25, -0.2) is 4.39 Å². The molecule has 1 aliphatic rings. The average Bonchev–Trinajstić information content (AvgIpc) is 3.22. The highest BCUT2D eigenvalue weighted by molar-refractivity contribution is 7.99. The van der Waals surface area contributed by atoms with Crippen molar-refractivity contribution in [2.75, 3.05) is 12.3 Å². The second kappa shape index (κ2) is 6.26. The summed E-state index contributed by atoms with van der Waals surface area (Å²) in [6.45, 7) is 0.460. The van der Waals surface area contributed by atoms with E-state index in [0.717, 1.165) is 17.1 Å². The lowest BCUT2D eigenvalue weighted by molar-refractivity contribution is -0.149. The molecule has 0 aromatic heterocycles. The number of carbonyl (C=O) groups is 2. The van der Waals surface area contributed by atoms with Gasteiger partial charge in [-0.3, -0.25) is 9.59 Å². The molecule has 2 rings (SSSR count). The summed E-state index contributed by atoms with van der Waals surface area (Å²) in [4.78, 5) is 23.6. The molecule has 0 bridgehead atoms. The molecule has 0 atom stereocenters. The van der Waals surface area contributed by atoms with Crippen LogP contribution in [0, 0.1) is 11.2 Å². The van der Waals surface area contributed by atoms with Crippen LogP contribution in [0.2, 0.25) is 0 Å². The summed E-state index contributed by atoms with van der Waals surface area (Å²) in [7, 11) is 0. The first-order chi connectivity index (χ1) is 9.54. The maximum absolute atomic E-state index is 12.7. The normalized spacial score (nSPS) is 15.7. The van der Waals surface area contributed by atoms with Gasteiger partial charge in [-0.15, -0.1) is 11.8 Å². The first-order valence-electron chi connectivity index (χ1n) is 6.45. The lowest BCUT2D eigenvalue weighted by Gasteiger charge is -2.10. The number of rotatable bonds is 7. The number of aliphatic carboxylic acids is 1. The van der Waals surface area contributed by atoms with Crippen LogP contribution in [0.5, 0.6) is 0 Å². The number of carbonyl (C=O) groups excluding carboxylic acids is 1. The van der Waals surface area contributed by atoms with Crippen molar-refractivity contribution in [3.05, 3.63) is 30.1 Å². The van der Waals surface area contributed by atoms with Gasteiger partial charge in [0.05, 0.1) is 0 Å². The number of nitrogens with one attached hydrogen (secondary N) is 1. The molecule has 6 heteroatoms. The van der Waals surface area contributed by atoms with Crippen molar-refractivity contribution in [3.63, 3.8) is 0 Å². The van der Waals surface area contributed by atoms with E-state index in [1.807, 2.05) is 0 Å². The quantitative estimate of drug-likeness (QED) is 0.460. The predicted octanol–water partition coefficient (Wildman–Crippen LogP) is 2.29. The fourth-order valence-electron chi connectivity index (χ4n) is 1.83. The average molecular weight is 297 g/mol. The molecule has 0 spiro atoms. The summed E-state index contributed by atoms with van der Waals surface area (Å²) in [6.07, 6.45) is 1.60. The van der Waals surface area contributed by atoms with E-state index in [9.17, 15) is 14.0 Å². The predicted molar refractivity (Wildman–Crippen MR) is 74.1 cm³/mol. The van der Waals surface area contributed by atoms with Gasteiger partial charge in [0, 0.05) is 11.4 Å². The van der Waals surface area contributed by atoms with Gasteiger partial charge in [0.1, 0.15) is 11.2 Å². The van der Waals surface area contributed by atoms with Crippen molar-refractivity contribution < 1.29 is 19.1 Å². The molecular formula is C14H16FNO3S. The van der Waals surface area contributed by atoms with E-state index in [1.165, 1.54) is 12.1 Å². The first kappa shape index (κ1) is 14.8. The summed E-state index contributed by atoms with van der Waals surface area (Å²) < 4.78 is 12.7. The monoisotopic (exact) mass is 297 g/mol. The van der Waals surface area contributed by atoms with Crippen LogP contribution in [0.15, 0.2) is 29.2 Å². The summed E-state index contributed by atoms with van der Waals surface area (Å²) >= 11 is 1.58. The molecule has 0 heterocycles. The summed E-state index contributed by atoms with van der Waals surface area (Å²) in [5.41, 5.74) is -1.16. The van der Waals surface area contributed by atoms with Gasteiger partial charge < -0.3 is 10.4 Å². The van der Waals surface area contributed by atoms with Crippen LogP contribution in [-0.2, 0) is 9.59 Å². The molecule has 1 aromatic carbocycles. The van der Waals surface area contributed by atoms with Gasteiger partial charge >= 0.3 is 5.97 Å². The lowest BCUT2D eigenvalue weighted by Crippen LogP contribution is -2.37. The molecule has 1 amide bonds. The van der Waals surface area contributed by atoms with E-state index in [-0.39, 0.29) is 11.7 Å². The van der Waals surface area contributed by atoms with E-state index in [2.05, 4.69) is 5.32 Å². The Labute approximate surface area is 120 Å². The molecule has 108 valence electrons. The first-order valence-corrected chi connectivity index (χ1v) is 7.43. The smallest absolute Gasteiger partial charge is 0.319 e. The summed E-state index contributed by atoms with van der Waals surface area (Å²) in [5, 5.41) is 11.6. The molecule has 4 nitrogen and oxygen atoms in total. The maximum atomic E-state index is 12.7. The Morgan fingerprint density at radius 3 is 2.50 bits per heavy atom. The van der Waals surface area contributed by atoms with Crippen LogP contribution in [0.1, 0.15) is 19.3 Å².